The lowest BCUT2D eigenvalue weighted by molar-refractivity contribution is -0.168. The van der Waals surface area contributed by atoms with E-state index < -0.39 is 0 Å². The predicted molar refractivity (Wildman–Crippen MR) is 67.3 cm³/mol. The molecule has 1 saturated heterocycles. The summed E-state index contributed by atoms with van der Waals surface area (Å²) in [5.41, 5.74) is 0.223. The van der Waals surface area contributed by atoms with E-state index in [1.54, 1.807) is 0 Å². The number of rotatable bonds is 3. The minimum atomic E-state index is -0.0120. The van der Waals surface area contributed by atoms with Gasteiger partial charge in [0.1, 0.15) is 0 Å². The van der Waals surface area contributed by atoms with Crippen molar-refractivity contribution in [2.45, 2.75) is 53.1 Å². The molecule has 3 nitrogen and oxygen atoms in total. The standard InChI is InChI=1S/C13H26N2O/c1-10(2)14(7)8-11(16)15-9-12(3,4)13(15,5)6/h10H,8-9H2,1-7H3. The highest BCUT2D eigenvalue weighted by Crippen LogP contribution is 2.46. The molecule has 1 aliphatic rings. The second-order valence-electron chi connectivity index (χ2n) is 6.43. The Hall–Kier alpha value is -0.570. The van der Waals surface area contributed by atoms with Gasteiger partial charge in [-0.05, 0) is 34.7 Å². The summed E-state index contributed by atoms with van der Waals surface area (Å²) in [5, 5.41) is 0. The normalized spacial score (nSPS) is 22.4. The minimum Gasteiger partial charge on any atom is -0.335 e. The molecule has 0 atom stereocenters. The molecule has 1 fully saturated rings. The molecule has 0 radical (unpaired) electrons. The molecule has 1 aliphatic heterocycles. The second kappa shape index (κ2) is 4.02. The summed E-state index contributed by atoms with van der Waals surface area (Å²) in [6, 6.07) is 0.418. The Morgan fingerprint density at radius 3 is 2.12 bits per heavy atom. The number of likely N-dealkylation sites (N-methyl/N-ethyl adjacent to an activating group) is 1. The first-order valence-electron chi connectivity index (χ1n) is 6.10. The summed E-state index contributed by atoms with van der Waals surface area (Å²) in [4.78, 5) is 16.2. The van der Waals surface area contributed by atoms with Gasteiger partial charge < -0.3 is 4.90 Å². The third kappa shape index (κ3) is 2.10. The van der Waals surface area contributed by atoms with Gasteiger partial charge in [0.15, 0.2) is 0 Å². The molecule has 0 N–H and O–H groups in total. The van der Waals surface area contributed by atoms with Gasteiger partial charge in [0.05, 0.1) is 6.54 Å². The van der Waals surface area contributed by atoms with E-state index in [9.17, 15) is 4.79 Å². The van der Waals surface area contributed by atoms with Crippen LogP contribution in [0.15, 0.2) is 0 Å². The van der Waals surface area contributed by atoms with Crippen molar-refractivity contribution < 1.29 is 4.79 Å². The summed E-state index contributed by atoms with van der Waals surface area (Å²) >= 11 is 0. The van der Waals surface area contributed by atoms with Crippen molar-refractivity contribution in [3.8, 4) is 0 Å². The Morgan fingerprint density at radius 2 is 1.81 bits per heavy atom. The van der Waals surface area contributed by atoms with Crippen molar-refractivity contribution >= 4 is 5.91 Å². The molecular weight excluding hydrogens is 200 g/mol. The first-order chi connectivity index (χ1) is 7.09. The summed E-state index contributed by atoms with van der Waals surface area (Å²) in [7, 11) is 2.00. The van der Waals surface area contributed by atoms with Crippen LogP contribution >= 0.6 is 0 Å². The number of carbonyl (C=O) groups is 1. The van der Waals surface area contributed by atoms with Gasteiger partial charge >= 0.3 is 0 Å². The summed E-state index contributed by atoms with van der Waals surface area (Å²) in [6.45, 7) is 14.4. The van der Waals surface area contributed by atoms with Crippen LogP contribution in [0.5, 0.6) is 0 Å². The summed E-state index contributed by atoms with van der Waals surface area (Å²) < 4.78 is 0. The number of likely N-dealkylation sites (tertiary alicyclic amines) is 1. The maximum atomic E-state index is 12.1. The predicted octanol–water partition coefficient (Wildman–Crippen LogP) is 1.97. The van der Waals surface area contributed by atoms with Gasteiger partial charge in [-0.3, -0.25) is 9.69 Å². The SMILES string of the molecule is CC(C)N(C)CC(=O)N1CC(C)(C)C1(C)C. The Bertz CT molecular complexity index is 282. The Balaban J connectivity index is 2.59. The van der Waals surface area contributed by atoms with Crippen LogP contribution < -0.4 is 0 Å². The van der Waals surface area contributed by atoms with E-state index >= 15 is 0 Å². The molecule has 1 amide bonds. The van der Waals surface area contributed by atoms with E-state index in [0.29, 0.717) is 12.6 Å². The quantitative estimate of drug-likeness (QED) is 0.734. The molecule has 0 unspecified atom stereocenters. The van der Waals surface area contributed by atoms with Crippen molar-refractivity contribution in [3.05, 3.63) is 0 Å². The van der Waals surface area contributed by atoms with Gasteiger partial charge in [0.25, 0.3) is 0 Å². The number of hydrogen-bond acceptors (Lipinski definition) is 2. The van der Waals surface area contributed by atoms with Gasteiger partial charge in [0.2, 0.25) is 5.91 Å². The van der Waals surface area contributed by atoms with Crippen LogP contribution in [-0.2, 0) is 4.79 Å². The fourth-order valence-electron chi connectivity index (χ4n) is 1.94. The number of nitrogens with zero attached hydrogens (tertiary/aromatic N) is 2. The maximum Gasteiger partial charge on any atom is 0.237 e. The number of amides is 1. The van der Waals surface area contributed by atoms with Crippen LogP contribution in [0.1, 0.15) is 41.5 Å². The van der Waals surface area contributed by atoms with E-state index in [1.807, 2.05) is 11.9 Å². The van der Waals surface area contributed by atoms with E-state index in [-0.39, 0.29) is 16.9 Å². The topological polar surface area (TPSA) is 23.6 Å². The second-order valence-corrected chi connectivity index (χ2v) is 6.43. The van der Waals surface area contributed by atoms with Gasteiger partial charge in [0, 0.05) is 23.5 Å². The lowest BCUT2D eigenvalue weighted by atomic mass is 9.65. The highest BCUT2D eigenvalue weighted by Gasteiger charge is 2.54. The van der Waals surface area contributed by atoms with E-state index in [2.05, 4.69) is 46.4 Å². The van der Waals surface area contributed by atoms with Crippen molar-refractivity contribution in [1.82, 2.24) is 9.80 Å². The summed E-state index contributed by atoms with van der Waals surface area (Å²) in [5.74, 6) is 0.250. The van der Waals surface area contributed by atoms with Gasteiger partial charge in [-0.2, -0.15) is 0 Å². The lowest BCUT2D eigenvalue weighted by Crippen LogP contribution is -2.71. The summed E-state index contributed by atoms with van der Waals surface area (Å²) in [6.07, 6.45) is 0. The molecule has 94 valence electrons. The molecule has 0 aromatic rings. The fourth-order valence-corrected chi connectivity index (χ4v) is 1.94. The Morgan fingerprint density at radius 1 is 1.31 bits per heavy atom. The smallest absolute Gasteiger partial charge is 0.237 e. The molecule has 0 saturated carbocycles. The third-order valence-electron chi connectivity index (χ3n) is 4.45. The number of hydrogen-bond donors (Lipinski definition) is 0. The molecule has 1 heterocycles. The van der Waals surface area contributed by atoms with E-state index in [4.69, 9.17) is 0 Å². The molecule has 0 aromatic heterocycles. The van der Waals surface area contributed by atoms with Gasteiger partial charge in [-0.1, -0.05) is 13.8 Å². The molecule has 0 aromatic carbocycles. The third-order valence-corrected chi connectivity index (χ3v) is 4.45. The lowest BCUT2D eigenvalue weighted by Gasteiger charge is -2.61. The highest BCUT2D eigenvalue weighted by atomic mass is 16.2. The van der Waals surface area contributed by atoms with E-state index in [0.717, 1.165) is 6.54 Å². The van der Waals surface area contributed by atoms with Crippen LogP contribution in [0.25, 0.3) is 0 Å². The monoisotopic (exact) mass is 226 g/mol. The molecule has 1 rings (SSSR count). The first-order valence-corrected chi connectivity index (χ1v) is 6.10. The first kappa shape index (κ1) is 13.5. The van der Waals surface area contributed by atoms with Crippen LogP contribution in [0.2, 0.25) is 0 Å². The zero-order valence-electron chi connectivity index (χ0n) is 11.8. The fraction of sp³-hybridized carbons (Fsp3) is 0.923. The van der Waals surface area contributed by atoms with Crippen molar-refractivity contribution in [2.24, 2.45) is 5.41 Å². The molecule has 16 heavy (non-hydrogen) atoms. The van der Waals surface area contributed by atoms with Crippen LogP contribution in [0.3, 0.4) is 0 Å². The van der Waals surface area contributed by atoms with Crippen molar-refractivity contribution in [1.29, 1.82) is 0 Å². The average Bonchev–Trinajstić information content (AvgIpc) is 2.13. The van der Waals surface area contributed by atoms with Gasteiger partial charge in [-0.15, -0.1) is 0 Å². The Kier molecular flexibility index (Phi) is 3.39. The van der Waals surface area contributed by atoms with Crippen molar-refractivity contribution in [2.75, 3.05) is 20.1 Å². The zero-order chi connectivity index (χ0) is 12.7. The Labute approximate surface area is 99.8 Å². The molecular formula is C13H26N2O. The van der Waals surface area contributed by atoms with Gasteiger partial charge in [-0.25, -0.2) is 0 Å². The average molecular weight is 226 g/mol. The number of carbonyl (C=O) groups excluding carboxylic acids is 1. The zero-order valence-corrected chi connectivity index (χ0v) is 11.8. The van der Waals surface area contributed by atoms with Crippen LogP contribution in [0, 0.1) is 5.41 Å². The largest absolute Gasteiger partial charge is 0.335 e. The van der Waals surface area contributed by atoms with Crippen LogP contribution in [0.4, 0.5) is 0 Å². The molecule has 3 heteroatoms. The van der Waals surface area contributed by atoms with Crippen LogP contribution in [-0.4, -0.2) is 47.4 Å². The maximum absolute atomic E-state index is 12.1. The van der Waals surface area contributed by atoms with E-state index in [1.165, 1.54) is 0 Å². The highest BCUT2D eigenvalue weighted by molar-refractivity contribution is 5.80. The van der Waals surface area contributed by atoms with Crippen molar-refractivity contribution in [3.63, 3.8) is 0 Å². The molecule has 0 bridgehead atoms. The minimum absolute atomic E-state index is 0.0120. The molecule has 0 aliphatic carbocycles. The molecule has 0 spiro atoms.